The molecule has 0 aliphatic heterocycles. The van der Waals surface area contributed by atoms with Crippen molar-refractivity contribution in [2.75, 3.05) is 17.4 Å². The predicted octanol–water partition coefficient (Wildman–Crippen LogP) is 5.04. The van der Waals surface area contributed by atoms with Crippen molar-refractivity contribution in [3.05, 3.63) is 94.2 Å². The minimum Gasteiger partial charge on any atom is -0.354 e. The van der Waals surface area contributed by atoms with Gasteiger partial charge in [0, 0.05) is 17.6 Å². The van der Waals surface area contributed by atoms with Crippen molar-refractivity contribution < 1.29 is 22.4 Å². The lowest BCUT2D eigenvalue weighted by molar-refractivity contribution is -0.139. The molecular weight excluding hydrogens is 573 g/mol. The molecule has 0 heterocycles. The third-order valence-corrected chi connectivity index (χ3v) is 8.30. The summed E-state index contributed by atoms with van der Waals surface area (Å²) in [5, 5.41) is 2.81. The zero-order chi connectivity index (χ0) is 27.9. The summed E-state index contributed by atoms with van der Waals surface area (Å²) < 4.78 is 42.7. The highest BCUT2D eigenvalue weighted by atomic mass is 79.9. The number of anilines is 1. The molecule has 0 unspecified atom stereocenters. The van der Waals surface area contributed by atoms with E-state index in [0.717, 1.165) is 50.6 Å². The lowest BCUT2D eigenvalue weighted by atomic mass is 10.1. The van der Waals surface area contributed by atoms with Crippen LogP contribution in [0.1, 0.15) is 31.4 Å². The molecule has 0 fully saturated rings. The molecule has 0 spiro atoms. The second-order valence-corrected chi connectivity index (χ2v) is 11.7. The number of carbonyl (C=O) groups is 2. The number of sulfonamides is 1. The van der Waals surface area contributed by atoms with E-state index in [0.29, 0.717) is 6.54 Å². The molecule has 0 aliphatic rings. The lowest BCUT2D eigenvalue weighted by Crippen LogP contribution is -2.51. The third kappa shape index (κ3) is 7.41. The molecule has 0 aliphatic carbocycles. The molecule has 0 bridgehead atoms. The smallest absolute Gasteiger partial charge is 0.264 e. The average Bonchev–Trinajstić information content (AvgIpc) is 2.90. The summed E-state index contributed by atoms with van der Waals surface area (Å²) in [7, 11) is -4.24. The molecule has 0 saturated carbocycles. The van der Waals surface area contributed by atoms with Crippen LogP contribution in [-0.4, -0.2) is 44.3 Å². The fourth-order valence-electron chi connectivity index (χ4n) is 3.74. The maximum atomic E-state index is 13.8. The Hall–Kier alpha value is -3.24. The van der Waals surface area contributed by atoms with Crippen molar-refractivity contribution >= 4 is 43.5 Å². The van der Waals surface area contributed by atoms with Gasteiger partial charge in [-0.3, -0.25) is 13.9 Å². The van der Waals surface area contributed by atoms with Gasteiger partial charge >= 0.3 is 0 Å². The van der Waals surface area contributed by atoms with Gasteiger partial charge in [-0.2, -0.15) is 0 Å². The normalized spacial score (nSPS) is 12.0. The van der Waals surface area contributed by atoms with Gasteiger partial charge in [-0.25, -0.2) is 12.8 Å². The minimum absolute atomic E-state index is 0.102. The molecule has 7 nitrogen and oxygen atoms in total. The van der Waals surface area contributed by atoms with Crippen molar-refractivity contribution in [2.24, 2.45) is 0 Å². The highest BCUT2D eigenvalue weighted by Gasteiger charge is 2.32. The Labute approximate surface area is 231 Å². The topological polar surface area (TPSA) is 86.8 Å². The molecule has 202 valence electrons. The van der Waals surface area contributed by atoms with Gasteiger partial charge in [0.2, 0.25) is 11.8 Å². The molecule has 2 amide bonds. The van der Waals surface area contributed by atoms with Crippen LogP contribution < -0.4 is 9.62 Å². The number of nitrogens with one attached hydrogen (secondary N) is 1. The van der Waals surface area contributed by atoms with Crippen LogP contribution in [0.25, 0.3) is 0 Å². The quantitative estimate of drug-likeness (QED) is 0.333. The summed E-state index contributed by atoms with van der Waals surface area (Å²) in [6.45, 7) is 5.42. The van der Waals surface area contributed by atoms with Gasteiger partial charge in [0.15, 0.2) is 0 Å². The van der Waals surface area contributed by atoms with Crippen molar-refractivity contribution in [2.45, 2.75) is 44.7 Å². The van der Waals surface area contributed by atoms with E-state index < -0.39 is 34.3 Å². The number of rotatable bonds is 11. The van der Waals surface area contributed by atoms with E-state index in [2.05, 4.69) is 21.2 Å². The molecule has 0 saturated heterocycles. The Morgan fingerprint density at radius 2 is 1.58 bits per heavy atom. The molecule has 38 heavy (non-hydrogen) atoms. The number of benzene rings is 3. The lowest BCUT2D eigenvalue weighted by Gasteiger charge is -2.32. The Kier molecular flexibility index (Phi) is 10.0. The average molecular weight is 605 g/mol. The maximum absolute atomic E-state index is 13.8. The Bertz CT molecular complexity index is 1350. The highest BCUT2D eigenvalue weighted by Crippen LogP contribution is 2.25. The number of aryl methyl sites for hydroxylation is 1. The zero-order valence-corrected chi connectivity index (χ0v) is 23.9. The number of halogens is 2. The first-order valence-electron chi connectivity index (χ1n) is 12.2. The van der Waals surface area contributed by atoms with Crippen LogP contribution in [0.3, 0.4) is 0 Å². The van der Waals surface area contributed by atoms with Crippen LogP contribution in [0.5, 0.6) is 0 Å². The van der Waals surface area contributed by atoms with Crippen molar-refractivity contribution in [3.63, 3.8) is 0 Å². The van der Waals surface area contributed by atoms with E-state index in [9.17, 15) is 22.4 Å². The molecule has 1 N–H and O–H groups in total. The van der Waals surface area contributed by atoms with Crippen LogP contribution in [0.15, 0.2) is 82.2 Å². The number of amides is 2. The van der Waals surface area contributed by atoms with Gasteiger partial charge < -0.3 is 10.2 Å². The molecule has 0 radical (unpaired) electrons. The van der Waals surface area contributed by atoms with Gasteiger partial charge in [0.1, 0.15) is 18.4 Å². The molecule has 0 aromatic heterocycles. The summed E-state index contributed by atoms with van der Waals surface area (Å²) >= 11 is 3.39. The Morgan fingerprint density at radius 3 is 2.16 bits per heavy atom. The predicted molar refractivity (Wildman–Crippen MR) is 150 cm³/mol. The molecule has 3 rings (SSSR count). The summed E-state index contributed by atoms with van der Waals surface area (Å²) in [6.07, 6.45) is 0.732. The first-order chi connectivity index (χ1) is 18.0. The minimum atomic E-state index is -4.24. The van der Waals surface area contributed by atoms with Gasteiger partial charge in [-0.05, 0) is 74.4 Å². The maximum Gasteiger partial charge on any atom is 0.264 e. The van der Waals surface area contributed by atoms with E-state index in [4.69, 9.17) is 0 Å². The number of carbonyl (C=O) groups excluding carboxylic acids is 2. The molecule has 1 atom stereocenters. The van der Waals surface area contributed by atoms with Gasteiger partial charge in [0.05, 0.1) is 10.6 Å². The van der Waals surface area contributed by atoms with Crippen molar-refractivity contribution in [1.82, 2.24) is 10.2 Å². The summed E-state index contributed by atoms with van der Waals surface area (Å²) in [5.41, 5.74) is 1.97. The second-order valence-electron chi connectivity index (χ2n) is 8.92. The van der Waals surface area contributed by atoms with E-state index >= 15 is 0 Å². The van der Waals surface area contributed by atoms with Gasteiger partial charge in [-0.15, -0.1) is 0 Å². The fraction of sp³-hybridized carbons (Fsp3) is 0.286. The van der Waals surface area contributed by atoms with Crippen molar-refractivity contribution in [3.8, 4) is 0 Å². The van der Waals surface area contributed by atoms with Gasteiger partial charge in [0.25, 0.3) is 10.0 Å². The van der Waals surface area contributed by atoms with E-state index in [1.54, 1.807) is 31.2 Å². The standard InChI is InChI=1S/C28H31BrFN3O4S/c1-4-17-31-28(35)21(3)32(18-22-7-9-23(29)10-8-22)27(34)19-33(25-13-5-20(2)6-14-25)38(36,37)26-15-11-24(30)12-16-26/h5-16,21H,4,17-19H2,1-3H3,(H,31,35)/t21-/m1/s1. The summed E-state index contributed by atoms with van der Waals surface area (Å²) in [4.78, 5) is 27.9. The van der Waals surface area contributed by atoms with Crippen molar-refractivity contribution in [1.29, 1.82) is 0 Å². The SMILES string of the molecule is CCCNC(=O)[C@@H](C)N(Cc1ccc(Br)cc1)C(=O)CN(c1ccc(C)cc1)S(=O)(=O)c1ccc(F)cc1. The van der Waals surface area contributed by atoms with E-state index in [1.807, 2.05) is 38.1 Å². The first-order valence-corrected chi connectivity index (χ1v) is 14.4. The monoisotopic (exact) mass is 603 g/mol. The Morgan fingerprint density at radius 1 is 0.974 bits per heavy atom. The number of nitrogens with zero attached hydrogens (tertiary/aromatic N) is 2. The van der Waals surface area contributed by atoms with Crippen LogP contribution in [-0.2, 0) is 26.2 Å². The molecule has 3 aromatic carbocycles. The summed E-state index contributed by atoms with van der Waals surface area (Å²) in [5.74, 6) is -1.46. The van der Waals surface area contributed by atoms with Crippen LogP contribution in [0.4, 0.5) is 10.1 Å². The molecule has 3 aromatic rings. The van der Waals surface area contributed by atoms with E-state index in [1.165, 1.54) is 4.90 Å². The Balaban J connectivity index is 2.00. The molecule has 10 heteroatoms. The molecular formula is C28H31BrFN3O4S. The second kappa shape index (κ2) is 13.0. The third-order valence-electron chi connectivity index (χ3n) is 5.99. The van der Waals surface area contributed by atoms with Crippen LogP contribution in [0.2, 0.25) is 0 Å². The fourth-order valence-corrected chi connectivity index (χ4v) is 5.42. The van der Waals surface area contributed by atoms with Crippen LogP contribution in [0, 0.1) is 12.7 Å². The number of hydrogen-bond donors (Lipinski definition) is 1. The summed E-state index contributed by atoms with van der Waals surface area (Å²) in [6, 6.07) is 17.6. The van der Waals surface area contributed by atoms with Crippen LogP contribution >= 0.6 is 15.9 Å². The largest absolute Gasteiger partial charge is 0.354 e. The van der Waals surface area contributed by atoms with E-state index in [-0.39, 0.29) is 23.0 Å². The number of hydrogen-bond acceptors (Lipinski definition) is 4. The zero-order valence-electron chi connectivity index (χ0n) is 21.5. The van der Waals surface area contributed by atoms with Gasteiger partial charge in [-0.1, -0.05) is 52.7 Å². The first kappa shape index (κ1) is 29.3. The highest BCUT2D eigenvalue weighted by molar-refractivity contribution is 9.10.